The van der Waals surface area contributed by atoms with Crippen molar-refractivity contribution in [1.82, 2.24) is 5.32 Å². The molecule has 0 saturated heterocycles. The van der Waals surface area contributed by atoms with Crippen molar-refractivity contribution in [2.24, 2.45) is 0 Å². The summed E-state index contributed by atoms with van der Waals surface area (Å²) in [5, 5.41) is 14.8. The van der Waals surface area contributed by atoms with Crippen LogP contribution in [-0.2, 0) is 11.2 Å². The van der Waals surface area contributed by atoms with Crippen molar-refractivity contribution in [3.05, 3.63) is 41.6 Å². The van der Waals surface area contributed by atoms with E-state index in [-0.39, 0.29) is 11.5 Å². The Hall–Kier alpha value is -2.28. The molecular weight excluding hydrogens is 274 g/mol. The summed E-state index contributed by atoms with van der Waals surface area (Å²) in [5.41, 5.74) is 2.06. The summed E-state index contributed by atoms with van der Waals surface area (Å²) in [7, 11) is 0. The number of rotatable bonds is 9. The van der Waals surface area contributed by atoms with Crippen molar-refractivity contribution in [2.75, 3.05) is 11.9 Å². The normalized spacial score (nSPS) is 10.9. The van der Waals surface area contributed by atoms with Crippen LogP contribution in [0.15, 0.2) is 36.0 Å². The second-order valence-electron chi connectivity index (χ2n) is 5.23. The van der Waals surface area contributed by atoms with E-state index in [4.69, 9.17) is 5.26 Å². The van der Waals surface area contributed by atoms with E-state index in [2.05, 4.69) is 24.5 Å². The molecule has 0 aliphatic heterocycles. The summed E-state index contributed by atoms with van der Waals surface area (Å²) in [5.74, 6) is -0.382. The second kappa shape index (κ2) is 10.4. The molecule has 1 amide bonds. The number of nitrogens with one attached hydrogen (secondary N) is 2. The smallest absolute Gasteiger partial charge is 0.267 e. The minimum Gasteiger partial charge on any atom is -0.390 e. The third-order valence-corrected chi connectivity index (χ3v) is 3.32. The summed E-state index contributed by atoms with van der Waals surface area (Å²) in [6.45, 7) is 5.02. The van der Waals surface area contributed by atoms with Crippen molar-refractivity contribution in [3.8, 4) is 6.07 Å². The number of nitrogens with zero attached hydrogens (tertiary/aromatic N) is 1. The van der Waals surface area contributed by atoms with E-state index in [1.807, 2.05) is 30.3 Å². The number of amides is 1. The molecule has 22 heavy (non-hydrogen) atoms. The largest absolute Gasteiger partial charge is 0.390 e. The number of benzene rings is 1. The fourth-order valence-corrected chi connectivity index (χ4v) is 1.94. The summed E-state index contributed by atoms with van der Waals surface area (Å²) < 4.78 is 0. The highest BCUT2D eigenvalue weighted by Gasteiger charge is 2.08. The van der Waals surface area contributed by atoms with Gasteiger partial charge >= 0.3 is 0 Å². The zero-order chi connectivity index (χ0) is 16.2. The zero-order valence-electron chi connectivity index (χ0n) is 13.5. The fraction of sp³-hybridized carbons (Fsp3) is 0.444. The Morgan fingerprint density at radius 3 is 2.45 bits per heavy atom. The topological polar surface area (TPSA) is 64.9 Å². The van der Waals surface area contributed by atoms with Gasteiger partial charge in [-0.25, -0.2) is 0 Å². The fourth-order valence-electron chi connectivity index (χ4n) is 1.94. The average molecular weight is 299 g/mol. The van der Waals surface area contributed by atoms with Gasteiger partial charge in [0, 0.05) is 18.4 Å². The van der Waals surface area contributed by atoms with Crippen LogP contribution in [0.2, 0.25) is 0 Å². The zero-order valence-corrected chi connectivity index (χ0v) is 13.5. The predicted molar refractivity (Wildman–Crippen MR) is 90.3 cm³/mol. The van der Waals surface area contributed by atoms with Gasteiger partial charge < -0.3 is 10.6 Å². The molecule has 118 valence electrons. The first-order valence-corrected chi connectivity index (χ1v) is 7.95. The van der Waals surface area contributed by atoms with Crippen LogP contribution in [0.4, 0.5) is 5.69 Å². The quantitative estimate of drug-likeness (QED) is 0.414. The second-order valence-corrected chi connectivity index (χ2v) is 5.23. The number of nitriles is 1. The maximum Gasteiger partial charge on any atom is 0.267 e. The molecular formula is C18H25N3O. The maximum atomic E-state index is 12.0. The van der Waals surface area contributed by atoms with Gasteiger partial charge in [-0.1, -0.05) is 38.8 Å². The van der Waals surface area contributed by atoms with Crippen LogP contribution < -0.4 is 10.6 Å². The first-order valence-electron chi connectivity index (χ1n) is 7.95. The Bertz CT molecular complexity index is 526. The molecule has 1 aromatic rings. The predicted octanol–water partition coefficient (Wildman–Crippen LogP) is 3.76. The van der Waals surface area contributed by atoms with E-state index < -0.39 is 0 Å². The first kappa shape index (κ1) is 17.8. The highest BCUT2D eigenvalue weighted by atomic mass is 16.1. The van der Waals surface area contributed by atoms with Gasteiger partial charge in [0.2, 0.25) is 0 Å². The third kappa shape index (κ3) is 6.45. The monoisotopic (exact) mass is 299 g/mol. The number of carbonyl (C=O) groups is 1. The molecule has 4 heteroatoms. The van der Waals surface area contributed by atoms with Crippen LogP contribution in [0.3, 0.4) is 0 Å². The highest BCUT2D eigenvalue weighted by molar-refractivity contribution is 6.06. The van der Waals surface area contributed by atoms with Gasteiger partial charge in [0.1, 0.15) is 11.6 Å². The lowest BCUT2D eigenvalue weighted by atomic mass is 10.1. The summed E-state index contributed by atoms with van der Waals surface area (Å²) in [6.07, 6.45) is 6.95. The van der Waals surface area contributed by atoms with E-state index in [1.54, 1.807) is 0 Å². The van der Waals surface area contributed by atoms with Crippen LogP contribution in [0.25, 0.3) is 0 Å². The Morgan fingerprint density at radius 1 is 1.18 bits per heavy atom. The maximum absolute atomic E-state index is 12.0. The van der Waals surface area contributed by atoms with Crippen molar-refractivity contribution < 1.29 is 4.79 Å². The molecule has 0 unspecified atom stereocenters. The number of anilines is 1. The van der Waals surface area contributed by atoms with E-state index in [1.165, 1.54) is 18.2 Å². The summed E-state index contributed by atoms with van der Waals surface area (Å²) in [6, 6.07) is 9.71. The molecule has 0 atom stereocenters. The Labute approximate surface area is 133 Å². The molecule has 0 heterocycles. The number of hydrogen-bond donors (Lipinski definition) is 2. The Balaban J connectivity index is 2.57. The Morgan fingerprint density at radius 2 is 1.86 bits per heavy atom. The van der Waals surface area contributed by atoms with Crippen molar-refractivity contribution in [2.45, 2.75) is 46.0 Å². The highest BCUT2D eigenvalue weighted by Crippen LogP contribution is 2.12. The molecule has 0 saturated carbocycles. The number of carbonyl (C=O) groups excluding carboxylic acids is 1. The molecule has 0 aliphatic rings. The molecule has 0 fully saturated rings. The van der Waals surface area contributed by atoms with Crippen molar-refractivity contribution >= 4 is 11.6 Å². The van der Waals surface area contributed by atoms with Crippen molar-refractivity contribution in [3.63, 3.8) is 0 Å². The molecule has 1 aromatic carbocycles. The number of hydrogen-bond acceptors (Lipinski definition) is 3. The van der Waals surface area contributed by atoms with Crippen LogP contribution >= 0.6 is 0 Å². The Kier molecular flexibility index (Phi) is 8.44. The first-order chi connectivity index (χ1) is 10.7. The molecule has 0 aliphatic carbocycles. The number of unbranched alkanes of at least 4 members (excludes halogenated alkanes) is 2. The van der Waals surface area contributed by atoms with Crippen molar-refractivity contribution in [1.29, 1.82) is 5.26 Å². The van der Waals surface area contributed by atoms with Crippen LogP contribution in [0.1, 0.15) is 45.1 Å². The van der Waals surface area contributed by atoms with Crippen LogP contribution in [0, 0.1) is 11.3 Å². The molecule has 0 radical (unpaired) electrons. The van der Waals surface area contributed by atoms with Crippen LogP contribution in [0.5, 0.6) is 0 Å². The molecule has 2 N–H and O–H groups in total. The molecule has 1 rings (SSSR count). The summed E-state index contributed by atoms with van der Waals surface area (Å²) in [4.78, 5) is 12.0. The van der Waals surface area contributed by atoms with E-state index >= 15 is 0 Å². The van der Waals surface area contributed by atoms with E-state index in [0.29, 0.717) is 5.69 Å². The van der Waals surface area contributed by atoms with E-state index in [9.17, 15) is 4.79 Å². The van der Waals surface area contributed by atoms with Gasteiger partial charge in [-0.2, -0.15) is 5.26 Å². The third-order valence-electron chi connectivity index (χ3n) is 3.32. The minimum absolute atomic E-state index is 0.0890. The lowest BCUT2D eigenvalue weighted by Crippen LogP contribution is -2.17. The van der Waals surface area contributed by atoms with E-state index in [0.717, 1.165) is 32.2 Å². The lowest BCUT2D eigenvalue weighted by molar-refractivity contribution is -0.112. The standard InChI is InChI=1S/C18H25N3O/c1-3-5-7-15-8-10-17(11-9-15)21-18(22)16(13-19)14-20-12-6-4-2/h8-11,14,20H,3-7,12H2,1-2H3,(H,21,22)/b16-14-. The molecule has 0 spiro atoms. The number of aryl methyl sites for hydroxylation is 1. The van der Waals surface area contributed by atoms with Gasteiger partial charge in [0.05, 0.1) is 0 Å². The van der Waals surface area contributed by atoms with Gasteiger partial charge in [-0.15, -0.1) is 0 Å². The average Bonchev–Trinajstić information content (AvgIpc) is 2.54. The molecule has 4 nitrogen and oxygen atoms in total. The minimum atomic E-state index is -0.382. The molecule has 0 bridgehead atoms. The van der Waals surface area contributed by atoms with Gasteiger partial charge in [0.25, 0.3) is 5.91 Å². The summed E-state index contributed by atoms with van der Waals surface area (Å²) >= 11 is 0. The lowest BCUT2D eigenvalue weighted by Gasteiger charge is -2.06. The van der Waals surface area contributed by atoms with Gasteiger partial charge in [-0.05, 0) is 37.0 Å². The molecule has 0 aromatic heterocycles. The van der Waals surface area contributed by atoms with Gasteiger partial charge in [0.15, 0.2) is 0 Å². The van der Waals surface area contributed by atoms with Crippen LogP contribution in [-0.4, -0.2) is 12.5 Å². The SMILES string of the molecule is CCCCN/C=C(/C#N)C(=O)Nc1ccc(CCCC)cc1. The van der Waals surface area contributed by atoms with Gasteiger partial charge in [-0.3, -0.25) is 4.79 Å².